The van der Waals surface area contributed by atoms with Crippen molar-refractivity contribution in [2.75, 3.05) is 18.0 Å². The fourth-order valence-corrected chi connectivity index (χ4v) is 2.37. The molecule has 0 aromatic heterocycles. The van der Waals surface area contributed by atoms with Crippen LogP contribution in [0.15, 0.2) is 18.2 Å². The zero-order chi connectivity index (χ0) is 16.3. The van der Waals surface area contributed by atoms with E-state index in [9.17, 15) is 14.0 Å². The normalized spacial score (nSPS) is 18.0. The Kier molecular flexibility index (Phi) is 5.00. The Morgan fingerprint density at radius 2 is 2.18 bits per heavy atom. The molecule has 1 aliphatic heterocycles. The number of hydrogen-bond donors (Lipinski definition) is 2. The Balaban J connectivity index is 1.97. The monoisotopic (exact) mass is 307 g/mol. The summed E-state index contributed by atoms with van der Waals surface area (Å²) in [7, 11) is 0. The van der Waals surface area contributed by atoms with Gasteiger partial charge in [-0.1, -0.05) is 13.8 Å². The summed E-state index contributed by atoms with van der Waals surface area (Å²) in [4.78, 5) is 25.7. The van der Waals surface area contributed by atoms with E-state index in [1.807, 2.05) is 13.8 Å². The van der Waals surface area contributed by atoms with Crippen LogP contribution in [0, 0.1) is 18.7 Å². The average molecular weight is 307 g/mol. The third kappa shape index (κ3) is 3.75. The van der Waals surface area contributed by atoms with Crippen LogP contribution in [0.3, 0.4) is 0 Å². The number of hydrogen-bond acceptors (Lipinski definition) is 2. The van der Waals surface area contributed by atoms with Crippen molar-refractivity contribution in [1.29, 1.82) is 0 Å². The Morgan fingerprint density at radius 3 is 2.82 bits per heavy atom. The van der Waals surface area contributed by atoms with Crippen LogP contribution in [0.4, 0.5) is 14.9 Å². The minimum absolute atomic E-state index is 0.161. The summed E-state index contributed by atoms with van der Waals surface area (Å²) in [6, 6.07) is 3.73. The number of aryl methyl sites for hydroxylation is 1. The van der Waals surface area contributed by atoms with E-state index in [1.165, 1.54) is 6.07 Å². The molecule has 1 aromatic rings. The molecule has 0 radical (unpaired) electrons. The molecule has 1 atom stereocenters. The summed E-state index contributed by atoms with van der Waals surface area (Å²) in [5, 5.41) is 5.42. The number of nitrogens with zero attached hydrogens (tertiary/aromatic N) is 1. The molecular weight excluding hydrogens is 285 g/mol. The van der Waals surface area contributed by atoms with Gasteiger partial charge in [-0.15, -0.1) is 0 Å². The second-order valence-corrected chi connectivity index (χ2v) is 6.01. The van der Waals surface area contributed by atoms with Gasteiger partial charge < -0.3 is 15.5 Å². The number of carbonyl (C=O) groups excluding carboxylic acids is 2. The first kappa shape index (κ1) is 16.3. The molecule has 0 unspecified atom stereocenters. The number of benzene rings is 1. The molecule has 5 nitrogen and oxygen atoms in total. The summed E-state index contributed by atoms with van der Waals surface area (Å²) >= 11 is 0. The molecule has 1 fully saturated rings. The van der Waals surface area contributed by atoms with E-state index in [2.05, 4.69) is 10.6 Å². The van der Waals surface area contributed by atoms with E-state index < -0.39 is 6.04 Å². The van der Waals surface area contributed by atoms with Gasteiger partial charge in [-0.25, -0.2) is 9.18 Å². The Bertz CT molecular complexity index is 575. The maximum atomic E-state index is 13.3. The molecule has 0 bridgehead atoms. The van der Waals surface area contributed by atoms with Crippen molar-refractivity contribution in [2.45, 2.75) is 33.2 Å². The van der Waals surface area contributed by atoms with Crippen molar-refractivity contribution in [3.05, 3.63) is 29.6 Å². The number of rotatable bonds is 4. The summed E-state index contributed by atoms with van der Waals surface area (Å²) in [5.74, 6) is -0.104. The highest BCUT2D eigenvalue weighted by molar-refractivity contribution is 6.01. The van der Waals surface area contributed by atoms with Crippen LogP contribution < -0.4 is 15.5 Å². The van der Waals surface area contributed by atoms with Crippen molar-refractivity contribution in [2.24, 2.45) is 5.92 Å². The average Bonchev–Trinajstić information content (AvgIpc) is 2.81. The number of anilines is 1. The van der Waals surface area contributed by atoms with Crippen LogP contribution in [0.2, 0.25) is 0 Å². The van der Waals surface area contributed by atoms with Crippen LogP contribution in [-0.2, 0) is 4.79 Å². The number of halogens is 1. The van der Waals surface area contributed by atoms with Gasteiger partial charge in [0.2, 0.25) is 5.91 Å². The van der Waals surface area contributed by atoms with E-state index >= 15 is 0 Å². The molecule has 1 aliphatic rings. The van der Waals surface area contributed by atoms with Crippen LogP contribution in [0.25, 0.3) is 0 Å². The Labute approximate surface area is 129 Å². The molecule has 1 saturated heterocycles. The first-order valence-electron chi connectivity index (χ1n) is 7.50. The summed E-state index contributed by atoms with van der Waals surface area (Å²) in [5.41, 5.74) is 1.16. The number of carbonyl (C=O) groups is 2. The fraction of sp³-hybridized carbons (Fsp3) is 0.500. The topological polar surface area (TPSA) is 61.4 Å². The minimum atomic E-state index is -0.530. The van der Waals surface area contributed by atoms with E-state index in [-0.39, 0.29) is 17.8 Å². The second kappa shape index (κ2) is 6.77. The van der Waals surface area contributed by atoms with E-state index in [0.29, 0.717) is 36.7 Å². The molecule has 6 heteroatoms. The summed E-state index contributed by atoms with van der Waals surface area (Å²) in [6.07, 6.45) is 0.546. The van der Waals surface area contributed by atoms with Gasteiger partial charge in [-0.05, 0) is 43.0 Å². The highest BCUT2D eigenvalue weighted by atomic mass is 19.1. The Hall–Kier alpha value is -2.11. The van der Waals surface area contributed by atoms with Crippen molar-refractivity contribution >= 4 is 17.6 Å². The largest absolute Gasteiger partial charge is 0.338 e. The van der Waals surface area contributed by atoms with Crippen molar-refractivity contribution in [3.8, 4) is 0 Å². The quantitative estimate of drug-likeness (QED) is 0.896. The van der Waals surface area contributed by atoms with Crippen molar-refractivity contribution in [1.82, 2.24) is 10.6 Å². The van der Waals surface area contributed by atoms with Crippen LogP contribution >= 0.6 is 0 Å². The van der Waals surface area contributed by atoms with Gasteiger partial charge in [-0.2, -0.15) is 0 Å². The first-order valence-corrected chi connectivity index (χ1v) is 7.50. The van der Waals surface area contributed by atoms with Gasteiger partial charge >= 0.3 is 6.03 Å². The molecule has 120 valence electrons. The van der Waals surface area contributed by atoms with Gasteiger partial charge in [0.1, 0.15) is 11.9 Å². The molecule has 2 N–H and O–H groups in total. The van der Waals surface area contributed by atoms with Crippen LogP contribution in [0.1, 0.15) is 25.8 Å². The zero-order valence-corrected chi connectivity index (χ0v) is 13.1. The lowest BCUT2D eigenvalue weighted by Crippen LogP contribution is -2.46. The highest BCUT2D eigenvalue weighted by Gasteiger charge is 2.33. The van der Waals surface area contributed by atoms with Gasteiger partial charge in [-0.3, -0.25) is 4.79 Å². The van der Waals surface area contributed by atoms with Crippen molar-refractivity contribution < 1.29 is 14.0 Å². The lowest BCUT2D eigenvalue weighted by Gasteiger charge is -2.18. The molecule has 0 spiro atoms. The van der Waals surface area contributed by atoms with Gasteiger partial charge in [0.05, 0.1) is 0 Å². The lowest BCUT2D eigenvalue weighted by molar-refractivity contribution is -0.118. The summed E-state index contributed by atoms with van der Waals surface area (Å²) < 4.78 is 13.3. The SMILES string of the molecule is Cc1cc(N2CC[C@@H](NC(=O)NCC(C)C)C2=O)ccc1F. The predicted octanol–water partition coefficient (Wildman–Crippen LogP) is 2.19. The smallest absolute Gasteiger partial charge is 0.315 e. The number of amides is 3. The van der Waals surface area contributed by atoms with E-state index in [0.717, 1.165) is 0 Å². The fourth-order valence-electron chi connectivity index (χ4n) is 2.37. The molecule has 0 saturated carbocycles. The molecule has 1 heterocycles. The second-order valence-electron chi connectivity index (χ2n) is 6.01. The van der Waals surface area contributed by atoms with Crippen LogP contribution in [0.5, 0.6) is 0 Å². The minimum Gasteiger partial charge on any atom is -0.338 e. The number of nitrogens with one attached hydrogen (secondary N) is 2. The van der Waals surface area contributed by atoms with Gasteiger partial charge in [0, 0.05) is 18.8 Å². The van der Waals surface area contributed by atoms with Crippen LogP contribution in [-0.4, -0.2) is 31.1 Å². The van der Waals surface area contributed by atoms with E-state index in [1.54, 1.807) is 24.0 Å². The third-order valence-corrected chi connectivity index (χ3v) is 3.63. The van der Waals surface area contributed by atoms with Gasteiger partial charge in [0.15, 0.2) is 0 Å². The highest BCUT2D eigenvalue weighted by Crippen LogP contribution is 2.23. The molecular formula is C16H22FN3O2. The van der Waals surface area contributed by atoms with Crippen molar-refractivity contribution in [3.63, 3.8) is 0 Å². The standard InChI is InChI=1S/C16H22FN3O2/c1-10(2)9-18-16(22)19-14-6-7-20(15(14)21)12-4-5-13(17)11(3)8-12/h4-5,8,10,14H,6-7,9H2,1-3H3,(H2,18,19,22)/t14-/m1/s1. The zero-order valence-electron chi connectivity index (χ0n) is 13.1. The maximum Gasteiger partial charge on any atom is 0.315 e. The molecule has 1 aromatic carbocycles. The number of urea groups is 1. The molecule has 2 rings (SSSR count). The lowest BCUT2D eigenvalue weighted by atomic mass is 10.2. The first-order chi connectivity index (χ1) is 10.4. The Morgan fingerprint density at radius 1 is 1.45 bits per heavy atom. The summed E-state index contributed by atoms with van der Waals surface area (Å²) in [6.45, 7) is 6.74. The van der Waals surface area contributed by atoms with Gasteiger partial charge in [0.25, 0.3) is 0 Å². The molecule has 22 heavy (non-hydrogen) atoms. The third-order valence-electron chi connectivity index (χ3n) is 3.63. The van der Waals surface area contributed by atoms with E-state index in [4.69, 9.17) is 0 Å². The maximum absolute atomic E-state index is 13.3. The molecule has 0 aliphatic carbocycles. The predicted molar refractivity (Wildman–Crippen MR) is 83.3 cm³/mol. The molecule has 3 amide bonds.